The van der Waals surface area contributed by atoms with Crippen molar-refractivity contribution in [2.45, 2.75) is 0 Å². The maximum absolute atomic E-state index is 13.5. The number of aromatic nitrogens is 2. The van der Waals surface area contributed by atoms with Crippen LogP contribution in [-0.2, 0) is 0 Å². The van der Waals surface area contributed by atoms with Gasteiger partial charge in [-0.25, -0.2) is 4.39 Å². The average molecular weight is 252 g/mol. The van der Waals surface area contributed by atoms with Crippen molar-refractivity contribution in [3.8, 4) is 0 Å². The van der Waals surface area contributed by atoms with Gasteiger partial charge >= 0.3 is 0 Å². The van der Waals surface area contributed by atoms with Crippen LogP contribution in [0, 0.1) is 5.82 Å². The summed E-state index contributed by atoms with van der Waals surface area (Å²) in [6.45, 7) is 0. The molecule has 3 nitrogen and oxygen atoms in total. The molecule has 0 radical (unpaired) electrons. The molecule has 4 aromatic rings. The number of halogens is 1. The molecule has 19 heavy (non-hydrogen) atoms. The Morgan fingerprint density at radius 2 is 1.84 bits per heavy atom. The number of hydrogen-bond donors (Lipinski definition) is 1. The minimum atomic E-state index is -0.350. The van der Waals surface area contributed by atoms with Crippen molar-refractivity contribution in [1.82, 2.24) is 9.38 Å². The number of nitrogens with zero attached hydrogens (tertiary/aromatic N) is 1. The van der Waals surface area contributed by atoms with Crippen LogP contribution in [0.25, 0.3) is 27.6 Å². The van der Waals surface area contributed by atoms with Crippen LogP contribution < -0.4 is 5.43 Å². The third kappa shape index (κ3) is 1.34. The lowest BCUT2D eigenvalue weighted by molar-refractivity contribution is 0.629. The lowest BCUT2D eigenvalue weighted by atomic mass is 10.2. The van der Waals surface area contributed by atoms with Crippen molar-refractivity contribution in [1.29, 1.82) is 0 Å². The number of para-hydroxylation sites is 2. The summed E-state index contributed by atoms with van der Waals surface area (Å²) in [5, 5.41) is 0.517. The maximum atomic E-state index is 13.5. The zero-order chi connectivity index (χ0) is 13.0. The first-order valence-electron chi connectivity index (χ1n) is 5.96. The molecule has 2 aromatic carbocycles. The third-order valence-corrected chi connectivity index (χ3v) is 3.38. The van der Waals surface area contributed by atoms with Crippen LogP contribution in [0.1, 0.15) is 0 Å². The SMILES string of the molecule is O=c1cc2[nH]c3ccccc3n2c2cc(F)ccc12. The van der Waals surface area contributed by atoms with E-state index in [1.807, 2.05) is 28.7 Å². The van der Waals surface area contributed by atoms with Crippen LogP contribution in [0.15, 0.2) is 53.3 Å². The lowest BCUT2D eigenvalue weighted by Gasteiger charge is -2.02. The molecule has 92 valence electrons. The standard InChI is InChI=1S/C15H9FN2O/c16-9-5-6-10-13(7-9)18-12-4-2-1-3-11(12)17-15(18)8-14(10)19/h1-8,17H. The predicted molar refractivity (Wildman–Crippen MR) is 73.0 cm³/mol. The molecule has 0 amide bonds. The Morgan fingerprint density at radius 1 is 1.00 bits per heavy atom. The second-order valence-corrected chi connectivity index (χ2v) is 4.53. The average Bonchev–Trinajstić information content (AvgIpc) is 2.76. The lowest BCUT2D eigenvalue weighted by Crippen LogP contribution is -2.04. The fourth-order valence-electron chi connectivity index (χ4n) is 2.56. The van der Waals surface area contributed by atoms with Crippen molar-refractivity contribution < 1.29 is 4.39 Å². The molecule has 0 saturated carbocycles. The Bertz CT molecular complexity index is 997. The van der Waals surface area contributed by atoms with Gasteiger partial charge in [0.1, 0.15) is 11.5 Å². The molecule has 0 aliphatic carbocycles. The highest BCUT2D eigenvalue weighted by atomic mass is 19.1. The third-order valence-electron chi connectivity index (χ3n) is 3.38. The van der Waals surface area contributed by atoms with Crippen molar-refractivity contribution in [2.24, 2.45) is 0 Å². The molecule has 0 spiro atoms. The van der Waals surface area contributed by atoms with Gasteiger partial charge in [0, 0.05) is 11.5 Å². The molecule has 0 atom stereocenters. The first-order valence-corrected chi connectivity index (χ1v) is 5.96. The minimum Gasteiger partial charge on any atom is -0.340 e. The second-order valence-electron chi connectivity index (χ2n) is 4.53. The molecule has 0 aliphatic rings. The van der Waals surface area contributed by atoms with E-state index >= 15 is 0 Å². The number of hydrogen-bond acceptors (Lipinski definition) is 1. The van der Waals surface area contributed by atoms with Crippen LogP contribution in [0.2, 0.25) is 0 Å². The van der Waals surface area contributed by atoms with Gasteiger partial charge in [-0.2, -0.15) is 0 Å². The van der Waals surface area contributed by atoms with E-state index in [0.29, 0.717) is 16.6 Å². The molecule has 0 unspecified atom stereocenters. The van der Waals surface area contributed by atoms with Crippen LogP contribution in [0.4, 0.5) is 4.39 Å². The highest BCUT2D eigenvalue weighted by Gasteiger charge is 2.09. The van der Waals surface area contributed by atoms with Gasteiger partial charge in [-0.3, -0.25) is 9.20 Å². The highest BCUT2D eigenvalue weighted by Crippen LogP contribution is 2.21. The zero-order valence-electron chi connectivity index (χ0n) is 9.85. The van der Waals surface area contributed by atoms with Gasteiger partial charge in [-0.15, -0.1) is 0 Å². The Hall–Kier alpha value is -2.62. The van der Waals surface area contributed by atoms with Gasteiger partial charge in [0.2, 0.25) is 0 Å². The summed E-state index contributed by atoms with van der Waals surface area (Å²) in [6, 6.07) is 13.5. The smallest absolute Gasteiger partial charge is 0.191 e. The first-order chi connectivity index (χ1) is 9.24. The van der Waals surface area contributed by atoms with E-state index in [1.54, 1.807) is 6.07 Å². The highest BCUT2D eigenvalue weighted by molar-refractivity contribution is 5.90. The molecule has 2 heterocycles. The van der Waals surface area contributed by atoms with Crippen LogP contribution in [0.5, 0.6) is 0 Å². The van der Waals surface area contributed by atoms with E-state index < -0.39 is 0 Å². The molecule has 0 fully saturated rings. The Labute approximate surface area is 106 Å². The van der Waals surface area contributed by atoms with Gasteiger partial charge in [0.25, 0.3) is 0 Å². The maximum Gasteiger partial charge on any atom is 0.191 e. The molecule has 4 heteroatoms. The van der Waals surface area contributed by atoms with E-state index in [4.69, 9.17) is 0 Å². The summed E-state index contributed by atoms with van der Waals surface area (Å²) >= 11 is 0. The largest absolute Gasteiger partial charge is 0.340 e. The molecule has 0 saturated heterocycles. The number of imidazole rings is 1. The first kappa shape index (κ1) is 10.3. The van der Waals surface area contributed by atoms with E-state index in [0.717, 1.165) is 11.0 Å². The predicted octanol–water partition coefficient (Wildman–Crippen LogP) is 3.07. The Kier molecular flexibility index (Phi) is 1.87. The Balaban J connectivity index is 2.41. The summed E-state index contributed by atoms with van der Waals surface area (Å²) in [6.07, 6.45) is 0. The summed E-state index contributed by atoms with van der Waals surface area (Å²) in [5.41, 5.74) is 2.98. The van der Waals surface area contributed by atoms with Crippen molar-refractivity contribution in [3.05, 3.63) is 64.6 Å². The molecule has 0 aliphatic heterocycles. The van der Waals surface area contributed by atoms with Crippen molar-refractivity contribution >= 4 is 27.6 Å². The van der Waals surface area contributed by atoms with Gasteiger partial charge in [0.05, 0.1) is 16.6 Å². The quantitative estimate of drug-likeness (QED) is 0.513. The van der Waals surface area contributed by atoms with Crippen LogP contribution in [-0.4, -0.2) is 9.38 Å². The minimum absolute atomic E-state index is 0.110. The second kappa shape index (κ2) is 3.45. The summed E-state index contributed by atoms with van der Waals surface area (Å²) in [7, 11) is 0. The fraction of sp³-hybridized carbons (Fsp3) is 0. The molecular formula is C15H9FN2O. The molecular weight excluding hydrogens is 243 g/mol. The van der Waals surface area contributed by atoms with Crippen molar-refractivity contribution in [3.63, 3.8) is 0 Å². The normalized spacial score (nSPS) is 11.6. The summed E-state index contributed by atoms with van der Waals surface area (Å²) in [5.74, 6) is -0.350. The number of rotatable bonds is 0. The molecule has 4 rings (SSSR count). The molecule has 2 aromatic heterocycles. The topological polar surface area (TPSA) is 37.3 Å². The molecule has 0 bridgehead atoms. The van der Waals surface area contributed by atoms with Crippen LogP contribution >= 0.6 is 0 Å². The summed E-state index contributed by atoms with van der Waals surface area (Å²) in [4.78, 5) is 15.2. The Morgan fingerprint density at radius 3 is 2.74 bits per heavy atom. The van der Waals surface area contributed by atoms with Gasteiger partial charge < -0.3 is 4.98 Å². The van der Waals surface area contributed by atoms with E-state index in [9.17, 15) is 9.18 Å². The number of benzene rings is 2. The molecule has 1 N–H and O–H groups in total. The van der Waals surface area contributed by atoms with Gasteiger partial charge in [-0.1, -0.05) is 12.1 Å². The van der Waals surface area contributed by atoms with Crippen LogP contribution in [0.3, 0.4) is 0 Å². The number of aromatic amines is 1. The van der Waals surface area contributed by atoms with E-state index in [-0.39, 0.29) is 11.2 Å². The fourth-order valence-corrected chi connectivity index (χ4v) is 2.56. The van der Waals surface area contributed by atoms with E-state index in [2.05, 4.69) is 4.98 Å². The van der Waals surface area contributed by atoms with Gasteiger partial charge in [-0.05, 0) is 30.3 Å². The summed E-state index contributed by atoms with van der Waals surface area (Å²) < 4.78 is 15.3. The number of H-pyrrole nitrogens is 1. The van der Waals surface area contributed by atoms with Gasteiger partial charge in [0.15, 0.2) is 5.43 Å². The zero-order valence-corrected chi connectivity index (χ0v) is 9.85. The van der Waals surface area contributed by atoms with Crippen molar-refractivity contribution in [2.75, 3.05) is 0 Å². The van der Waals surface area contributed by atoms with E-state index in [1.165, 1.54) is 18.2 Å². The number of pyridine rings is 1. The number of nitrogens with one attached hydrogen (secondary N) is 1. The monoisotopic (exact) mass is 252 g/mol. The number of fused-ring (bicyclic) bond motifs is 5.